The average molecular weight is 410 g/mol. The maximum atomic E-state index is 13.6. The van der Waals surface area contributed by atoms with Crippen LogP contribution in [0.25, 0.3) is 5.65 Å². The van der Waals surface area contributed by atoms with Crippen molar-refractivity contribution in [1.29, 1.82) is 0 Å². The first kappa shape index (κ1) is 19.5. The number of carbonyl (C=O) groups is 1. The van der Waals surface area contributed by atoms with E-state index < -0.39 is 63.9 Å². The van der Waals surface area contributed by atoms with Crippen LogP contribution in [0.15, 0.2) is 12.1 Å². The first-order valence-corrected chi connectivity index (χ1v) is 7.19. The summed E-state index contributed by atoms with van der Waals surface area (Å²) in [6.07, 6.45) is -4.87. The highest BCUT2D eigenvalue weighted by Crippen LogP contribution is 2.30. The van der Waals surface area contributed by atoms with E-state index in [4.69, 9.17) is 0 Å². The number of carbonyl (C=O) groups excluding carboxylic acids is 1. The largest absolute Gasteiger partial charge is 0.433 e. The first-order chi connectivity index (χ1) is 12.9. The SMILES string of the molecule is Cc1cc(C(F)(F)F)n2nc(C(=O)Nc3c(F)c(F)c(F)c(F)c3F)cc2n1. The molecule has 0 saturated carbocycles. The molecule has 0 aliphatic heterocycles. The average Bonchev–Trinajstić information content (AvgIpc) is 3.04. The van der Waals surface area contributed by atoms with Gasteiger partial charge in [-0.3, -0.25) is 4.79 Å². The Bertz CT molecular complexity index is 1090. The van der Waals surface area contributed by atoms with E-state index in [2.05, 4.69) is 10.1 Å². The van der Waals surface area contributed by atoms with Gasteiger partial charge in [-0.2, -0.15) is 18.3 Å². The number of hydrogen-bond acceptors (Lipinski definition) is 3. The normalized spacial score (nSPS) is 11.9. The van der Waals surface area contributed by atoms with E-state index in [-0.39, 0.29) is 10.2 Å². The molecule has 3 aromatic rings. The van der Waals surface area contributed by atoms with Gasteiger partial charge >= 0.3 is 6.18 Å². The van der Waals surface area contributed by atoms with Crippen molar-refractivity contribution in [2.24, 2.45) is 0 Å². The van der Waals surface area contributed by atoms with Gasteiger partial charge in [-0.05, 0) is 13.0 Å². The molecule has 5 nitrogen and oxygen atoms in total. The fraction of sp³-hybridized carbons (Fsp3) is 0.133. The monoisotopic (exact) mass is 410 g/mol. The number of nitrogens with zero attached hydrogens (tertiary/aromatic N) is 3. The Morgan fingerprint density at radius 2 is 1.50 bits per heavy atom. The summed E-state index contributed by atoms with van der Waals surface area (Å²) in [6, 6.07) is 1.40. The zero-order valence-corrected chi connectivity index (χ0v) is 13.4. The molecule has 2 heterocycles. The van der Waals surface area contributed by atoms with E-state index in [1.54, 1.807) is 0 Å². The van der Waals surface area contributed by atoms with Gasteiger partial charge in [0.2, 0.25) is 5.82 Å². The van der Waals surface area contributed by atoms with E-state index >= 15 is 0 Å². The zero-order chi connectivity index (χ0) is 21.0. The molecule has 3 rings (SSSR count). The van der Waals surface area contributed by atoms with Gasteiger partial charge in [0.15, 0.2) is 34.6 Å². The Kier molecular flexibility index (Phi) is 4.47. The number of aromatic nitrogens is 3. The predicted molar refractivity (Wildman–Crippen MR) is 76.9 cm³/mol. The summed E-state index contributed by atoms with van der Waals surface area (Å²) >= 11 is 0. The molecule has 28 heavy (non-hydrogen) atoms. The highest BCUT2D eigenvalue weighted by atomic mass is 19.4. The summed E-state index contributed by atoms with van der Waals surface area (Å²) in [5.41, 5.74) is -4.24. The molecule has 1 aromatic carbocycles. The van der Waals surface area contributed by atoms with E-state index in [0.29, 0.717) is 6.07 Å². The first-order valence-electron chi connectivity index (χ1n) is 7.19. The van der Waals surface area contributed by atoms with Crippen molar-refractivity contribution in [3.05, 3.63) is 58.3 Å². The summed E-state index contributed by atoms with van der Waals surface area (Å²) in [7, 11) is 0. The Labute approximate surface area is 149 Å². The van der Waals surface area contributed by atoms with E-state index in [1.807, 2.05) is 0 Å². The van der Waals surface area contributed by atoms with Gasteiger partial charge in [0.25, 0.3) is 5.91 Å². The maximum absolute atomic E-state index is 13.6. The maximum Gasteiger partial charge on any atom is 0.433 e. The summed E-state index contributed by atoms with van der Waals surface area (Å²) in [6.45, 7) is 1.25. The summed E-state index contributed by atoms with van der Waals surface area (Å²) in [4.78, 5) is 15.8. The molecule has 0 spiro atoms. The number of halogens is 8. The quantitative estimate of drug-likeness (QED) is 0.395. The fourth-order valence-corrected chi connectivity index (χ4v) is 2.31. The fourth-order valence-electron chi connectivity index (χ4n) is 2.31. The number of nitrogens with one attached hydrogen (secondary N) is 1. The molecule has 0 saturated heterocycles. The van der Waals surface area contributed by atoms with Crippen LogP contribution < -0.4 is 5.32 Å². The van der Waals surface area contributed by atoms with Crippen LogP contribution in [0.1, 0.15) is 21.9 Å². The van der Waals surface area contributed by atoms with Gasteiger partial charge in [-0.1, -0.05) is 0 Å². The molecule has 0 aliphatic rings. The number of hydrogen-bond donors (Lipinski definition) is 1. The number of aryl methyl sites for hydroxylation is 1. The minimum Gasteiger partial charge on any atom is -0.315 e. The van der Waals surface area contributed by atoms with Crippen LogP contribution in [0.4, 0.5) is 40.8 Å². The number of fused-ring (bicyclic) bond motifs is 1. The van der Waals surface area contributed by atoms with Crippen LogP contribution in [0, 0.1) is 36.0 Å². The van der Waals surface area contributed by atoms with Crippen LogP contribution in [0.3, 0.4) is 0 Å². The third kappa shape index (κ3) is 3.12. The van der Waals surface area contributed by atoms with Crippen LogP contribution >= 0.6 is 0 Å². The Hall–Kier alpha value is -3.25. The molecular weight excluding hydrogens is 404 g/mol. The van der Waals surface area contributed by atoms with Crippen molar-refractivity contribution in [1.82, 2.24) is 14.6 Å². The van der Waals surface area contributed by atoms with Gasteiger partial charge in [-0.15, -0.1) is 0 Å². The lowest BCUT2D eigenvalue weighted by molar-refractivity contribution is -0.142. The molecule has 0 atom stereocenters. The zero-order valence-electron chi connectivity index (χ0n) is 13.4. The predicted octanol–water partition coefficient (Wildman–Crippen LogP) is 4.00. The van der Waals surface area contributed by atoms with Gasteiger partial charge < -0.3 is 5.32 Å². The number of anilines is 1. The third-order valence-corrected chi connectivity index (χ3v) is 3.53. The standard InChI is InChI=1S/C15H6F8N4O/c1-4-2-6(15(21,22)23)27-7(24-4)3-5(26-27)14(28)25-13-11(19)9(17)8(16)10(18)12(13)20/h2-3H,1H3,(H,25,28). The Morgan fingerprint density at radius 1 is 0.964 bits per heavy atom. The lowest BCUT2D eigenvalue weighted by Crippen LogP contribution is -2.18. The summed E-state index contributed by atoms with van der Waals surface area (Å²) < 4.78 is 106. The van der Waals surface area contributed by atoms with Crippen molar-refractivity contribution >= 4 is 17.2 Å². The highest BCUT2D eigenvalue weighted by molar-refractivity contribution is 6.03. The minimum absolute atomic E-state index is 0.0635. The highest BCUT2D eigenvalue weighted by Gasteiger charge is 2.35. The number of rotatable bonds is 2. The second-order valence-electron chi connectivity index (χ2n) is 5.48. The molecule has 0 fully saturated rings. The number of benzene rings is 1. The molecule has 13 heteroatoms. The van der Waals surface area contributed by atoms with E-state index in [9.17, 15) is 39.9 Å². The Balaban J connectivity index is 2.07. The number of amides is 1. The van der Waals surface area contributed by atoms with Gasteiger partial charge in [0.05, 0.1) is 0 Å². The van der Waals surface area contributed by atoms with Crippen LogP contribution in [0.5, 0.6) is 0 Å². The van der Waals surface area contributed by atoms with Gasteiger partial charge in [-0.25, -0.2) is 31.5 Å². The summed E-state index contributed by atoms with van der Waals surface area (Å²) in [5, 5.41) is 4.77. The second-order valence-corrected chi connectivity index (χ2v) is 5.48. The van der Waals surface area contributed by atoms with Crippen molar-refractivity contribution in [2.45, 2.75) is 13.1 Å². The third-order valence-electron chi connectivity index (χ3n) is 3.53. The molecule has 1 amide bonds. The lowest BCUT2D eigenvalue weighted by atomic mass is 10.2. The molecule has 148 valence electrons. The van der Waals surface area contributed by atoms with Crippen LogP contribution in [-0.2, 0) is 6.18 Å². The minimum atomic E-state index is -4.87. The van der Waals surface area contributed by atoms with Crippen molar-refractivity contribution in [2.75, 3.05) is 5.32 Å². The molecular formula is C15H6F8N4O. The van der Waals surface area contributed by atoms with E-state index in [0.717, 1.165) is 6.07 Å². The van der Waals surface area contributed by atoms with Gasteiger partial charge in [0, 0.05) is 11.8 Å². The van der Waals surface area contributed by atoms with Crippen molar-refractivity contribution < 1.29 is 39.9 Å². The van der Waals surface area contributed by atoms with Gasteiger partial charge in [0.1, 0.15) is 11.4 Å². The summed E-state index contributed by atoms with van der Waals surface area (Å²) in [5.74, 6) is -13.2. The smallest absolute Gasteiger partial charge is 0.315 e. The molecule has 0 radical (unpaired) electrons. The second kappa shape index (κ2) is 6.42. The number of alkyl halides is 3. The molecule has 1 N–H and O–H groups in total. The van der Waals surface area contributed by atoms with Crippen molar-refractivity contribution in [3.63, 3.8) is 0 Å². The van der Waals surface area contributed by atoms with Crippen LogP contribution in [-0.4, -0.2) is 20.5 Å². The van der Waals surface area contributed by atoms with Crippen molar-refractivity contribution in [3.8, 4) is 0 Å². The Morgan fingerprint density at radius 3 is 2.04 bits per heavy atom. The lowest BCUT2D eigenvalue weighted by Gasteiger charge is -2.09. The molecule has 0 unspecified atom stereocenters. The van der Waals surface area contributed by atoms with E-state index in [1.165, 1.54) is 12.2 Å². The topological polar surface area (TPSA) is 59.3 Å². The molecule has 0 aliphatic carbocycles. The molecule has 2 aromatic heterocycles. The van der Waals surface area contributed by atoms with Crippen LogP contribution in [0.2, 0.25) is 0 Å². The molecule has 0 bridgehead atoms.